The lowest BCUT2D eigenvalue weighted by Gasteiger charge is -2.20. The van der Waals surface area contributed by atoms with Crippen molar-refractivity contribution in [2.75, 3.05) is 13.7 Å². The molecule has 0 radical (unpaired) electrons. The zero-order valence-electron chi connectivity index (χ0n) is 12.3. The summed E-state index contributed by atoms with van der Waals surface area (Å²) in [5.41, 5.74) is 0.159. The quantitative estimate of drug-likeness (QED) is 0.832. The van der Waals surface area contributed by atoms with Gasteiger partial charge in [0, 0.05) is 0 Å². The number of hydrogen-bond acceptors (Lipinski definition) is 3. The van der Waals surface area contributed by atoms with Gasteiger partial charge in [0.1, 0.15) is 0 Å². The van der Waals surface area contributed by atoms with Crippen LogP contribution < -0.4 is 9.47 Å². The molecule has 1 fully saturated rings. The fraction of sp³-hybridized carbons (Fsp3) is 0.562. The first-order valence-electron chi connectivity index (χ1n) is 6.95. The van der Waals surface area contributed by atoms with E-state index in [0.717, 1.165) is 5.56 Å². The number of methoxy groups -OCH3 is 1. The molecular formula is C16H22O4. The van der Waals surface area contributed by atoms with Gasteiger partial charge in [-0.15, -0.1) is 0 Å². The fourth-order valence-electron chi connectivity index (χ4n) is 2.02. The van der Waals surface area contributed by atoms with E-state index in [1.165, 1.54) is 12.8 Å². The van der Waals surface area contributed by atoms with Gasteiger partial charge >= 0.3 is 5.97 Å². The molecule has 1 aliphatic rings. The molecule has 1 aliphatic carbocycles. The Kier molecular flexibility index (Phi) is 4.21. The third-order valence-electron chi connectivity index (χ3n) is 3.62. The molecule has 0 bridgehead atoms. The van der Waals surface area contributed by atoms with Crippen molar-refractivity contribution in [2.24, 2.45) is 11.3 Å². The molecule has 0 atom stereocenters. The first-order valence-corrected chi connectivity index (χ1v) is 6.95. The monoisotopic (exact) mass is 278 g/mol. The molecule has 0 spiro atoms. The SMILES string of the molecule is COc1ccc(CC(C)(C)C(=O)O)cc1OCC1CC1. The summed E-state index contributed by atoms with van der Waals surface area (Å²) in [6, 6.07) is 5.63. The van der Waals surface area contributed by atoms with Gasteiger partial charge in [-0.3, -0.25) is 4.79 Å². The van der Waals surface area contributed by atoms with E-state index in [0.29, 0.717) is 30.4 Å². The number of benzene rings is 1. The van der Waals surface area contributed by atoms with Crippen LogP contribution in [0.3, 0.4) is 0 Å². The van der Waals surface area contributed by atoms with Crippen LogP contribution in [0.15, 0.2) is 18.2 Å². The lowest BCUT2D eigenvalue weighted by Crippen LogP contribution is -2.26. The van der Waals surface area contributed by atoms with Gasteiger partial charge in [0.05, 0.1) is 19.1 Å². The van der Waals surface area contributed by atoms with E-state index < -0.39 is 11.4 Å². The summed E-state index contributed by atoms with van der Waals surface area (Å²) in [4.78, 5) is 11.2. The third-order valence-corrected chi connectivity index (χ3v) is 3.62. The van der Waals surface area contributed by atoms with Gasteiger partial charge in [-0.05, 0) is 56.7 Å². The van der Waals surface area contributed by atoms with Crippen molar-refractivity contribution >= 4 is 5.97 Å². The maximum atomic E-state index is 11.2. The molecule has 4 heteroatoms. The van der Waals surface area contributed by atoms with Crippen molar-refractivity contribution in [1.82, 2.24) is 0 Å². The minimum atomic E-state index is -0.797. The van der Waals surface area contributed by atoms with Crippen molar-refractivity contribution in [3.8, 4) is 11.5 Å². The maximum absolute atomic E-state index is 11.2. The van der Waals surface area contributed by atoms with Crippen LogP contribution in [0.25, 0.3) is 0 Å². The van der Waals surface area contributed by atoms with E-state index in [9.17, 15) is 9.90 Å². The smallest absolute Gasteiger partial charge is 0.309 e. The molecule has 0 saturated heterocycles. The average molecular weight is 278 g/mol. The third kappa shape index (κ3) is 3.65. The van der Waals surface area contributed by atoms with Gasteiger partial charge in [0.15, 0.2) is 11.5 Å². The van der Waals surface area contributed by atoms with Crippen LogP contribution in [-0.4, -0.2) is 24.8 Å². The largest absolute Gasteiger partial charge is 0.493 e. The molecule has 0 heterocycles. The summed E-state index contributed by atoms with van der Waals surface area (Å²) in [5, 5.41) is 9.20. The van der Waals surface area contributed by atoms with Gasteiger partial charge in [-0.25, -0.2) is 0 Å². The van der Waals surface area contributed by atoms with Gasteiger partial charge < -0.3 is 14.6 Å². The second kappa shape index (κ2) is 5.73. The molecule has 0 aliphatic heterocycles. The maximum Gasteiger partial charge on any atom is 0.309 e. The van der Waals surface area contributed by atoms with Crippen molar-refractivity contribution in [1.29, 1.82) is 0 Å². The van der Waals surface area contributed by atoms with E-state index in [1.807, 2.05) is 18.2 Å². The summed E-state index contributed by atoms with van der Waals surface area (Å²) >= 11 is 0. The van der Waals surface area contributed by atoms with Crippen molar-refractivity contribution < 1.29 is 19.4 Å². The Hall–Kier alpha value is -1.71. The van der Waals surface area contributed by atoms with Gasteiger partial charge in [0.2, 0.25) is 0 Å². The number of aliphatic carboxylic acids is 1. The Morgan fingerprint density at radius 1 is 1.35 bits per heavy atom. The first-order chi connectivity index (χ1) is 9.42. The summed E-state index contributed by atoms with van der Waals surface area (Å²) in [6.07, 6.45) is 2.92. The summed E-state index contributed by atoms with van der Waals surface area (Å²) in [6.45, 7) is 4.16. The molecule has 1 saturated carbocycles. The number of carbonyl (C=O) groups is 1. The van der Waals surface area contributed by atoms with Crippen molar-refractivity contribution in [3.63, 3.8) is 0 Å². The van der Waals surface area contributed by atoms with Crippen LogP contribution in [0.1, 0.15) is 32.3 Å². The Balaban J connectivity index is 2.13. The van der Waals surface area contributed by atoms with Gasteiger partial charge in [-0.1, -0.05) is 6.07 Å². The number of hydrogen-bond donors (Lipinski definition) is 1. The molecule has 0 amide bonds. The van der Waals surface area contributed by atoms with Gasteiger partial charge in [-0.2, -0.15) is 0 Å². The van der Waals surface area contributed by atoms with Crippen molar-refractivity contribution in [2.45, 2.75) is 33.1 Å². The van der Waals surface area contributed by atoms with Crippen LogP contribution in [0.2, 0.25) is 0 Å². The van der Waals surface area contributed by atoms with Gasteiger partial charge in [0.25, 0.3) is 0 Å². The summed E-state index contributed by atoms with van der Waals surface area (Å²) in [7, 11) is 1.61. The molecule has 2 rings (SSSR count). The minimum absolute atomic E-state index is 0.464. The zero-order valence-corrected chi connectivity index (χ0v) is 12.3. The fourth-order valence-corrected chi connectivity index (χ4v) is 2.02. The molecule has 110 valence electrons. The summed E-state index contributed by atoms with van der Waals surface area (Å²) < 4.78 is 11.1. The first kappa shape index (κ1) is 14.7. The van der Waals surface area contributed by atoms with Crippen LogP contribution in [-0.2, 0) is 11.2 Å². The molecule has 1 aromatic carbocycles. The highest BCUT2D eigenvalue weighted by molar-refractivity contribution is 5.74. The topological polar surface area (TPSA) is 55.8 Å². The van der Waals surface area contributed by atoms with E-state index >= 15 is 0 Å². The Labute approximate surface area is 119 Å². The van der Waals surface area contributed by atoms with Crippen LogP contribution in [0.4, 0.5) is 0 Å². The average Bonchev–Trinajstić information content (AvgIpc) is 3.20. The Morgan fingerprint density at radius 2 is 2.05 bits per heavy atom. The molecule has 0 aromatic heterocycles. The minimum Gasteiger partial charge on any atom is -0.493 e. The highest BCUT2D eigenvalue weighted by Crippen LogP contribution is 2.34. The number of carboxylic acids is 1. The van der Waals surface area contributed by atoms with E-state index in [-0.39, 0.29) is 0 Å². The second-order valence-corrected chi connectivity index (χ2v) is 6.11. The lowest BCUT2D eigenvalue weighted by atomic mass is 9.86. The van der Waals surface area contributed by atoms with E-state index in [1.54, 1.807) is 21.0 Å². The van der Waals surface area contributed by atoms with E-state index in [4.69, 9.17) is 9.47 Å². The predicted octanol–water partition coefficient (Wildman–Crippen LogP) is 3.14. The number of rotatable bonds is 7. The van der Waals surface area contributed by atoms with Crippen LogP contribution in [0, 0.1) is 11.3 Å². The molecular weight excluding hydrogens is 256 g/mol. The molecule has 4 nitrogen and oxygen atoms in total. The van der Waals surface area contributed by atoms with Crippen LogP contribution >= 0.6 is 0 Å². The highest BCUT2D eigenvalue weighted by atomic mass is 16.5. The molecule has 1 N–H and O–H groups in total. The molecule has 1 aromatic rings. The normalized spacial score (nSPS) is 14.9. The second-order valence-electron chi connectivity index (χ2n) is 6.11. The highest BCUT2D eigenvalue weighted by Gasteiger charge is 2.28. The van der Waals surface area contributed by atoms with Crippen LogP contribution in [0.5, 0.6) is 11.5 Å². The predicted molar refractivity (Wildman–Crippen MR) is 76.3 cm³/mol. The van der Waals surface area contributed by atoms with E-state index in [2.05, 4.69) is 0 Å². The zero-order chi connectivity index (χ0) is 14.8. The lowest BCUT2D eigenvalue weighted by molar-refractivity contribution is -0.146. The standard InChI is InChI=1S/C16H22O4/c1-16(2,15(17)18)9-12-6-7-13(19-3)14(8-12)20-10-11-4-5-11/h6-8,11H,4-5,9-10H2,1-3H3,(H,17,18). The molecule has 0 unspecified atom stereocenters. The number of carboxylic acid groups (broad SMARTS) is 1. The number of ether oxygens (including phenoxy) is 2. The van der Waals surface area contributed by atoms with Crippen molar-refractivity contribution in [3.05, 3.63) is 23.8 Å². The molecule has 20 heavy (non-hydrogen) atoms. The Morgan fingerprint density at radius 3 is 2.60 bits per heavy atom. The Bertz CT molecular complexity index is 489. The summed E-state index contributed by atoms with van der Waals surface area (Å²) in [5.74, 6) is 1.27.